The minimum Gasteiger partial charge on any atom is -0.380 e. The van der Waals surface area contributed by atoms with Gasteiger partial charge in [0.05, 0.1) is 25.2 Å². The van der Waals surface area contributed by atoms with Crippen LogP contribution in [0.4, 0.5) is 0 Å². The third-order valence-electron chi connectivity index (χ3n) is 3.78. The molecule has 4 heteroatoms. The second kappa shape index (κ2) is 3.57. The van der Waals surface area contributed by atoms with Gasteiger partial charge in [-0.3, -0.25) is 4.79 Å². The van der Waals surface area contributed by atoms with E-state index >= 15 is 0 Å². The Kier molecular flexibility index (Phi) is 2.30. The molecule has 2 bridgehead atoms. The number of rotatable bonds is 4. The first-order valence-electron chi connectivity index (χ1n) is 5.99. The molecule has 0 aromatic heterocycles. The highest BCUT2D eigenvalue weighted by atomic mass is 16.5. The van der Waals surface area contributed by atoms with E-state index in [0.717, 1.165) is 6.42 Å². The first-order chi connectivity index (χ1) is 7.75. The highest BCUT2D eigenvalue weighted by Crippen LogP contribution is 2.48. The van der Waals surface area contributed by atoms with Crippen LogP contribution < -0.4 is 0 Å². The van der Waals surface area contributed by atoms with Gasteiger partial charge in [0.1, 0.15) is 5.60 Å². The van der Waals surface area contributed by atoms with Gasteiger partial charge in [-0.2, -0.15) is 0 Å². The van der Waals surface area contributed by atoms with Gasteiger partial charge in [0.25, 0.3) is 0 Å². The van der Waals surface area contributed by atoms with E-state index in [2.05, 4.69) is 12.2 Å². The zero-order valence-electron chi connectivity index (χ0n) is 9.52. The quantitative estimate of drug-likeness (QED) is 0.517. The third kappa shape index (κ3) is 1.33. The first-order valence-corrected chi connectivity index (χ1v) is 5.99. The molecule has 2 saturated heterocycles. The lowest BCUT2D eigenvalue weighted by Crippen LogP contribution is -2.34. The van der Waals surface area contributed by atoms with Crippen molar-refractivity contribution in [3.05, 3.63) is 12.2 Å². The molecule has 3 rings (SSSR count). The Balaban J connectivity index is 1.68. The molecule has 0 aromatic rings. The Bertz CT molecular complexity index is 341. The van der Waals surface area contributed by atoms with Crippen LogP contribution in [0.2, 0.25) is 0 Å². The number of hydrogen-bond acceptors (Lipinski definition) is 3. The van der Waals surface area contributed by atoms with Crippen LogP contribution in [0.3, 0.4) is 0 Å². The smallest absolute Gasteiger partial charge is 0.229 e. The summed E-state index contributed by atoms with van der Waals surface area (Å²) in [4.78, 5) is 14.0. The number of nitrogens with zero attached hydrogens (tertiary/aromatic N) is 1. The first kappa shape index (κ1) is 10.3. The molecule has 1 spiro atoms. The van der Waals surface area contributed by atoms with Crippen LogP contribution in [0.5, 0.6) is 0 Å². The Morgan fingerprint density at radius 2 is 2.56 bits per heavy atom. The number of ether oxygens (including phenoxy) is 2. The number of amides is 1. The molecular weight excluding hydrogens is 206 g/mol. The van der Waals surface area contributed by atoms with Crippen molar-refractivity contribution in [2.45, 2.75) is 25.0 Å². The second-order valence-electron chi connectivity index (χ2n) is 4.72. The lowest BCUT2D eigenvalue weighted by molar-refractivity contribution is -0.131. The van der Waals surface area contributed by atoms with E-state index in [-0.39, 0.29) is 23.5 Å². The summed E-state index contributed by atoms with van der Waals surface area (Å²) in [5, 5.41) is 0. The lowest BCUT2D eigenvalue weighted by atomic mass is 9.86. The van der Waals surface area contributed by atoms with E-state index in [1.54, 1.807) is 0 Å². The SMILES string of the molecule is CCOCCN1C[C@@]23C=C[C@@H](C[C@@H]2C1=O)O3. The van der Waals surface area contributed by atoms with Crippen molar-refractivity contribution in [3.63, 3.8) is 0 Å². The fourth-order valence-corrected chi connectivity index (χ4v) is 3.00. The average molecular weight is 223 g/mol. The van der Waals surface area contributed by atoms with Crippen molar-refractivity contribution in [1.82, 2.24) is 4.90 Å². The summed E-state index contributed by atoms with van der Waals surface area (Å²) in [5.41, 5.74) is -0.298. The molecule has 0 N–H and O–H groups in total. The van der Waals surface area contributed by atoms with E-state index < -0.39 is 0 Å². The van der Waals surface area contributed by atoms with Crippen LogP contribution in [-0.4, -0.2) is 48.8 Å². The molecule has 3 aliphatic rings. The summed E-state index contributed by atoms with van der Waals surface area (Å²) in [6.45, 7) is 4.68. The van der Waals surface area contributed by atoms with Crippen molar-refractivity contribution in [3.8, 4) is 0 Å². The summed E-state index contributed by atoms with van der Waals surface area (Å²) in [6.07, 6.45) is 5.23. The summed E-state index contributed by atoms with van der Waals surface area (Å²) >= 11 is 0. The minimum absolute atomic E-state index is 0.0594. The summed E-state index contributed by atoms with van der Waals surface area (Å²) in [5.74, 6) is 0.302. The standard InChI is InChI=1S/C12H17NO3/c1-2-15-6-5-13-8-12-4-3-9(16-12)7-10(12)11(13)14/h3-4,9-10H,2,5-8H2,1H3/t9-,10+,12-/m0/s1. The molecule has 0 radical (unpaired) electrons. The van der Waals surface area contributed by atoms with Crippen molar-refractivity contribution in [2.24, 2.45) is 5.92 Å². The largest absolute Gasteiger partial charge is 0.380 e. The highest BCUT2D eigenvalue weighted by molar-refractivity contribution is 5.84. The lowest BCUT2D eigenvalue weighted by Gasteiger charge is -2.21. The Hall–Kier alpha value is -0.870. The van der Waals surface area contributed by atoms with Gasteiger partial charge < -0.3 is 14.4 Å². The Morgan fingerprint density at radius 3 is 3.25 bits per heavy atom. The molecule has 1 amide bonds. The van der Waals surface area contributed by atoms with E-state index in [1.807, 2.05) is 11.8 Å². The third-order valence-corrected chi connectivity index (χ3v) is 3.78. The maximum Gasteiger partial charge on any atom is 0.229 e. The van der Waals surface area contributed by atoms with Crippen LogP contribution in [0.25, 0.3) is 0 Å². The highest BCUT2D eigenvalue weighted by Gasteiger charge is 2.59. The van der Waals surface area contributed by atoms with E-state index in [0.29, 0.717) is 26.3 Å². The van der Waals surface area contributed by atoms with Gasteiger partial charge in [-0.1, -0.05) is 12.2 Å². The zero-order chi connectivity index (χ0) is 11.2. The molecule has 88 valence electrons. The van der Waals surface area contributed by atoms with Gasteiger partial charge in [-0.25, -0.2) is 0 Å². The molecular formula is C12H17NO3. The van der Waals surface area contributed by atoms with Gasteiger partial charge in [-0.05, 0) is 13.3 Å². The number of fused-ring (bicyclic) bond motifs is 1. The van der Waals surface area contributed by atoms with Crippen molar-refractivity contribution in [1.29, 1.82) is 0 Å². The van der Waals surface area contributed by atoms with Gasteiger partial charge >= 0.3 is 0 Å². The minimum atomic E-state index is -0.298. The van der Waals surface area contributed by atoms with Crippen LogP contribution in [0.15, 0.2) is 12.2 Å². The second-order valence-corrected chi connectivity index (χ2v) is 4.72. The predicted octanol–water partition coefficient (Wildman–Crippen LogP) is 0.579. The Labute approximate surface area is 95.2 Å². The number of carbonyl (C=O) groups is 1. The van der Waals surface area contributed by atoms with Crippen LogP contribution in [0, 0.1) is 5.92 Å². The summed E-state index contributed by atoms with van der Waals surface area (Å²) < 4.78 is 11.2. The van der Waals surface area contributed by atoms with Gasteiger partial charge in [0, 0.05) is 13.2 Å². The molecule has 3 heterocycles. The molecule has 0 unspecified atom stereocenters. The van der Waals surface area contributed by atoms with E-state index in [4.69, 9.17) is 9.47 Å². The number of carbonyl (C=O) groups excluding carboxylic acids is 1. The van der Waals surface area contributed by atoms with Crippen LogP contribution in [-0.2, 0) is 14.3 Å². The normalized spacial score (nSPS) is 39.8. The summed E-state index contributed by atoms with van der Waals surface area (Å²) in [7, 11) is 0. The van der Waals surface area contributed by atoms with Gasteiger partial charge in [0.15, 0.2) is 0 Å². The molecule has 0 aromatic carbocycles. The fourth-order valence-electron chi connectivity index (χ4n) is 3.00. The molecule has 4 nitrogen and oxygen atoms in total. The molecule has 0 aliphatic carbocycles. The van der Waals surface area contributed by atoms with Crippen molar-refractivity contribution in [2.75, 3.05) is 26.3 Å². The van der Waals surface area contributed by atoms with Crippen molar-refractivity contribution < 1.29 is 14.3 Å². The predicted molar refractivity (Wildman–Crippen MR) is 57.9 cm³/mol. The monoisotopic (exact) mass is 223 g/mol. The zero-order valence-corrected chi connectivity index (χ0v) is 9.52. The van der Waals surface area contributed by atoms with E-state index in [9.17, 15) is 4.79 Å². The fraction of sp³-hybridized carbons (Fsp3) is 0.750. The average Bonchev–Trinajstić information content (AvgIpc) is 2.90. The molecule has 2 fully saturated rings. The maximum absolute atomic E-state index is 12.1. The molecule has 16 heavy (non-hydrogen) atoms. The number of likely N-dealkylation sites (tertiary alicyclic amines) is 1. The Morgan fingerprint density at radius 1 is 1.69 bits per heavy atom. The molecule has 3 aliphatic heterocycles. The molecule has 3 atom stereocenters. The topological polar surface area (TPSA) is 38.8 Å². The molecule has 0 saturated carbocycles. The summed E-state index contributed by atoms with van der Waals surface area (Å²) in [6, 6.07) is 0. The van der Waals surface area contributed by atoms with Gasteiger partial charge in [-0.15, -0.1) is 0 Å². The maximum atomic E-state index is 12.1. The van der Waals surface area contributed by atoms with Crippen LogP contribution in [0.1, 0.15) is 13.3 Å². The number of hydrogen-bond donors (Lipinski definition) is 0. The van der Waals surface area contributed by atoms with Crippen LogP contribution >= 0.6 is 0 Å². The van der Waals surface area contributed by atoms with E-state index in [1.165, 1.54) is 0 Å². The van der Waals surface area contributed by atoms with Crippen molar-refractivity contribution >= 4 is 5.91 Å². The van der Waals surface area contributed by atoms with Gasteiger partial charge in [0.2, 0.25) is 5.91 Å².